The quantitative estimate of drug-likeness (QED) is 0.782. The summed E-state index contributed by atoms with van der Waals surface area (Å²) in [6.07, 6.45) is 0. The first kappa shape index (κ1) is 11.2. The normalized spacial score (nSPS) is 11.0. The molecule has 0 bridgehead atoms. The lowest BCUT2D eigenvalue weighted by molar-refractivity contribution is 0.561. The molecule has 2 aromatic heterocycles. The van der Waals surface area contributed by atoms with Crippen LogP contribution in [0.2, 0.25) is 0 Å². The molecule has 5 heteroatoms. The fourth-order valence-electron chi connectivity index (χ4n) is 1.83. The number of thiazole rings is 1. The van der Waals surface area contributed by atoms with Gasteiger partial charge in [0.2, 0.25) is 0 Å². The van der Waals surface area contributed by atoms with Gasteiger partial charge in [-0.1, -0.05) is 0 Å². The average Bonchev–Trinajstić information content (AvgIpc) is 2.90. The standard InChI is InChI=1S/C13H13N3OS/c1-8-13(18-7-15-8)6-14-10-3-4-12-11(5-10)16-9(2)17-12/h3-5,7,14H,6H2,1-2H3. The minimum absolute atomic E-state index is 0.695. The Labute approximate surface area is 109 Å². The molecule has 0 radical (unpaired) electrons. The first-order valence-corrected chi connectivity index (χ1v) is 6.60. The van der Waals surface area contributed by atoms with Gasteiger partial charge in [-0.3, -0.25) is 0 Å². The summed E-state index contributed by atoms with van der Waals surface area (Å²) >= 11 is 1.67. The summed E-state index contributed by atoms with van der Waals surface area (Å²) in [6, 6.07) is 5.95. The van der Waals surface area contributed by atoms with Crippen molar-refractivity contribution < 1.29 is 4.42 Å². The van der Waals surface area contributed by atoms with E-state index in [1.807, 2.05) is 37.6 Å². The molecule has 4 nitrogen and oxygen atoms in total. The SMILES string of the molecule is Cc1nc2cc(NCc3scnc3C)ccc2o1. The highest BCUT2D eigenvalue weighted by atomic mass is 32.1. The summed E-state index contributed by atoms with van der Waals surface area (Å²) in [5, 5.41) is 3.38. The predicted octanol–water partition coefficient (Wildman–Crippen LogP) is 3.51. The van der Waals surface area contributed by atoms with E-state index in [1.165, 1.54) is 4.88 Å². The Morgan fingerprint density at radius 2 is 2.22 bits per heavy atom. The molecular weight excluding hydrogens is 246 g/mol. The molecule has 0 fully saturated rings. The van der Waals surface area contributed by atoms with Gasteiger partial charge in [0.05, 0.1) is 17.7 Å². The molecule has 0 spiro atoms. The summed E-state index contributed by atoms with van der Waals surface area (Å²) < 4.78 is 5.45. The maximum Gasteiger partial charge on any atom is 0.192 e. The third kappa shape index (κ3) is 2.09. The van der Waals surface area contributed by atoms with Gasteiger partial charge >= 0.3 is 0 Å². The van der Waals surface area contributed by atoms with Crippen LogP contribution >= 0.6 is 11.3 Å². The van der Waals surface area contributed by atoms with E-state index in [4.69, 9.17) is 4.42 Å². The maximum atomic E-state index is 5.45. The summed E-state index contributed by atoms with van der Waals surface area (Å²) in [4.78, 5) is 9.81. The van der Waals surface area contributed by atoms with Crippen molar-refractivity contribution in [1.29, 1.82) is 0 Å². The molecule has 92 valence electrons. The zero-order chi connectivity index (χ0) is 12.5. The highest BCUT2D eigenvalue weighted by Gasteiger charge is 2.04. The van der Waals surface area contributed by atoms with Crippen LogP contribution in [0.3, 0.4) is 0 Å². The van der Waals surface area contributed by atoms with E-state index in [9.17, 15) is 0 Å². The van der Waals surface area contributed by atoms with Crippen LogP contribution in [-0.4, -0.2) is 9.97 Å². The van der Waals surface area contributed by atoms with Gasteiger partial charge in [-0.15, -0.1) is 11.3 Å². The van der Waals surface area contributed by atoms with Crippen molar-refractivity contribution in [3.8, 4) is 0 Å². The Morgan fingerprint density at radius 1 is 1.33 bits per heavy atom. The lowest BCUT2D eigenvalue weighted by Crippen LogP contribution is -1.98. The van der Waals surface area contributed by atoms with E-state index >= 15 is 0 Å². The van der Waals surface area contributed by atoms with Crippen molar-refractivity contribution in [1.82, 2.24) is 9.97 Å². The number of aryl methyl sites for hydroxylation is 2. The second kappa shape index (κ2) is 4.42. The van der Waals surface area contributed by atoms with Gasteiger partial charge in [0.25, 0.3) is 0 Å². The van der Waals surface area contributed by atoms with Gasteiger partial charge in [-0.05, 0) is 25.1 Å². The Balaban J connectivity index is 1.80. The van der Waals surface area contributed by atoms with Crippen molar-refractivity contribution in [2.24, 2.45) is 0 Å². The van der Waals surface area contributed by atoms with Gasteiger partial charge in [-0.25, -0.2) is 9.97 Å². The van der Waals surface area contributed by atoms with E-state index in [0.717, 1.165) is 29.0 Å². The first-order chi connectivity index (χ1) is 8.72. The fraction of sp³-hybridized carbons (Fsp3) is 0.231. The Kier molecular flexibility index (Phi) is 2.76. The van der Waals surface area contributed by atoms with E-state index in [2.05, 4.69) is 15.3 Å². The number of nitrogens with zero attached hydrogens (tertiary/aromatic N) is 2. The van der Waals surface area contributed by atoms with Crippen LogP contribution in [-0.2, 0) is 6.54 Å². The molecule has 0 aliphatic carbocycles. The van der Waals surface area contributed by atoms with Crippen LogP contribution in [0.1, 0.15) is 16.5 Å². The van der Waals surface area contributed by atoms with E-state index < -0.39 is 0 Å². The van der Waals surface area contributed by atoms with Crippen LogP contribution < -0.4 is 5.32 Å². The predicted molar refractivity (Wildman–Crippen MR) is 72.9 cm³/mol. The molecule has 2 heterocycles. The molecule has 0 saturated heterocycles. The zero-order valence-electron chi connectivity index (χ0n) is 10.2. The third-order valence-electron chi connectivity index (χ3n) is 2.79. The molecule has 0 atom stereocenters. The highest BCUT2D eigenvalue weighted by Crippen LogP contribution is 2.21. The molecular formula is C13H13N3OS. The topological polar surface area (TPSA) is 51.0 Å². The molecule has 0 unspecified atom stereocenters. The number of fused-ring (bicyclic) bond motifs is 1. The Hall–Kier alpha value is -1.88. The molecule has 0 aliphatic rings. The number of benzene rings is 1. The van der Waals surface area contributed by atoms with Gasteiger partial charge in [-0.2, -0.15) is 0 Å². The number of oxazole rings is 1. The third-order valence-corrected chi connectivity index (χ3v) is 3.73. The minimum atomic E-state index is 0.695. The number of aromatic nitrogens is 2. The molecule has 1 aromatic carbocycles. The Morgan fingerprint density at radius 3 is 3.00 bits per heavy atom. The van der Waals surface area contributed by atoms with Gasteiger partial charge < -0.3 is 9.73 Å². The molecule has 18 heavy (non-hydrogen) atoms. The van der Waals surface area contributed by atoms with Crippen molar-refractivity contribution in [2.75, 3.05) is 5.32 Å². The summed E-state index contributed by atoms with van der Waals surface area (Å²) in [5.41, 5.74) is 5.72. The van der Waals surface area contributed by atoms with Crippen molar-refractivity contribution >= 4 is 28.1 Å². The summed E-state index contributed by atoms with van der Waals surface area (Å²) in [6.45, 7) is 4.67. The van der Waals surface area contributed by atoms with Gasteiger partial charge in [0.15, 0.2) is 11.5 Å². The first-order valence-electron chi connectivity index (χ1n) is 5.72. The number of rotatable bonds is 3. The zero-order valence-corrected chi connectivity index (χ0v) is 11.0. The van der Waals surface area contributed by atoms with Crippen LogP contribution in [0.15, 0.2) is 28.1 Å². The molecule has 3 rings (SSSR count). The fourth-order valence-corrected chi connectivity index (χ4v) is 2.55. The van der Waals surface area contributed by atoms with E-state index in [0.29, 0.717) is 5.89 Å². The second-order valence-electron chi connectivity index (χ2n) is 4.13. The van der Waals surface area contributed by atoms with E-state index in [-0.39, 0.29) is 0 Å². The largest absolute Gasteiger partial charge is 0.441 e. The smallest absolute Gasteiger partial charge is 0.192 e. The number of nitrogens with one attached hydrogen (secondary N) is 1. The molecule has 3 aromatic rings. The summed E-state index contributed by atoms with van der Waals surface area (Å²) in [5.74, 6) is 0.695. The highest BCUT2D eigenvalue weighted by molar-refractivity contribution is 7.09. The number of hydrogen-bond donors (Lipinski definition) is 1. The second-order valence-corrected chi connectivity index (χ2v) is 5.07. The summed E-state index contributed by atoms with van der Waals surface area (Å²) in [7, 11) is 0. The molecule has 0 amide bonds. The van der Waals surface area contributed by atoms with Crippen molar-refractivity contribution in [3.05, 3.63) is 40.2 Å². The number of hydrogen-bond acceptors (Lipinski definition) is 5. The average molecular weight is 259 g/mol. The number of anilines is 1. The van der Waals surface area contributed by atoms with Gasteiger partial charge in [0.1, 0.15) is 5.52 Å². The van der Waals surface area contributed by atoms with Crippen LogP contribution in [0, 0.1) is 13.8 Å². The maximum absolute atomic E-state index is 5.45. The monoisotopic (exact) mass is 259 g/mol. The van der Waals surface area contributed by atoms with Gasteiger partial charge in [0, 0.05) is 17.5 Å². The Bertz CT molecular complexity index is 686. The van der Waals surface area contributed by atoms with Crippen molar-refractivity contribution in [2.45, 2.75) is 20.4 Å². The van der Waals surface area contributed by atoms with Crippen LogP contribution in [0.4, 0.5) is 5.69 Å². The van der Waals surface area contributed by atoms with Crippen LogP contribution in [0.5, 0.6) is 0 Å². The van der Waals surface area contributed by atoms with E-state index in [1.54, 1.807) is 11.3 Å². The minimum Gasteiger partial charge on any atom is -0.441 e. The lowest BCUT2D eigenvalue weighted by Gasteiger charge is -2.04. The molecule has 1 N–H and O–H groups in total. The molecule has 0 saturated carbocycles. The van der Waals surface area contributed by atoms with Crippen molar-refractivity contribution in [3.63, 3.8) is 0 Å². The lowest BCUT2D eigenvalue weighted by atomic mass is 10.3. The molecule has 0 aliphatic heterocycles. The van der Waals surface area contributed by atoms with Crippen LogP contribution in [0.25, 0.3) is 11.1 Å².